The summed E-state index contributed by atoms with van der Waals surface area (Å²) in [4.78, 5) is 12.3. The number of nitrogens with one attached hydrogen (secondary N) is 1. The molecule has 242 valence electrons. The van der Waals surface area contributed by atoms with Crippen molar-refractivity contribution < 1.29 is 15.0 Å². The minimum atomic E-state index is -0.704. The van der Waals surface area contributed by atoms with Crippen molar-refractivity contribution in [3.63, 3.8) is 0 Å². The summed E-state index contributed by atoms with van der Waals surface area (Å²) in [5.41, 5.74) is 0. The number of carbonyl (C=O) groups excluding carboxylic acids is 1. The summed E-state index contributed by atoms with van der Waals surface area (Å²) in [6.07, 6.45) is 45.7. The lowest BCUT2D eigenvalue weighted by Crippen LogP contribution is -2.45. The molecule has 0 spiro atoms. The van der Waals surface area contributed by atoms with Gasteiger partial charge in [-0.05, 0) is 77.0 Å². The fourth-order valence-electron chi connectivity index (χ4n) is 4.76. The lowest BCUT2D eigenvalue weighted by atomic mass is 10.0. The Balaban J connectivity index is 3.75. The first-order valence-electron chi connectivity index (χ1n) is 17.5. The first kappa shape index (κ1) is 40.1. The third kappa shape index (κ3) is 29.6. The fourth-order valence-corrected chi connectivity index (χ4v) is 4.76. The second-order valence-electron chi connectivity index (χ2n) is 11.6. The van der Waals surface area contributed by atoms with Gasteiger partial charge in [-0.3, -0.25) is 4.79 Å². The van der Waals surface area contributed by atoms with Gasteiger partial charge in [-0.15, -0.1) is 0 Å². The van der Waals surface area contributed by atoms with Crippen LogP contribution in [0, 0.1) is 0 Å². The van der Waals surface area contributed by atoms with E-state index >= 15 is 0 Å². The van der Waals surface area contributed by atoms with Crippen molar-refractivity contribution in [2.45, 2.75) is 167 Å². The van der Waals surface area contributed by atoms with Gasteiger partial charge in [-0.1, -0.05) is 132 Å². The molecule has 42 heavy (non-hydrogen) atoms. The number of carbonyl (C=O) groups is 1. The molecule has 0 bridgehead atoms. The maximum Gasteiger partial charge on any atom is 0.220 e. The quantitative estimate of drug-likeness (QED) is 0.0580. The van der Waals surface area contributed by atoms with Gasteiger partial charge in [0, 0.05) is 6.42 Å². The summed E-state index contributed by atoms with van der Waals surface area (Å²) < 4.78 is 0. The lowest BCUT2D eigenvalue weighted by molar-refractivity contribution is -0.123. The van der Waals surface area contributed by atoms with Crippen LogP contribution in [-0.2, 0) is 4.79 Å². The van der Waals surface area contributed by atoms with Crippen LogP contribution >= 0.6 is 0 Å². The van der Waals surface area contributed by atoms with Gasteiger partial charge < -0.3 is 15.5 Å². The maximum absolute atomic E-state index is 12.3. The zero-order valence-corrected chi connectivity index (χ0v) is 27.5. The van der Waals surface area contributed by atoms with Crippen molar-refractivity contribution in [2.24, 2.45) is 0 Å². The van der Waals surface area contributed by atoms with Gasteiger partial charge in [0.05, 0.1) is 18.8 Å². The average Bonchev–Trinajstić information content (AvgIpc) is 2.99. The molecule has 0 aromatic rings. The molecule has 0 saturated heterocycles. The van der Waals surface area contributed by atoms with Gasteiger partial charge in [0.15, 0.2) is 0 Å². The van der Waals surface area contributed by atoms with E-state index in [1.54, 1.807) is 0 Å². The molecule has 0 aliphatic carbocycles. The molecule has 0 saturated carbocycles. The maximum atomic E-state index is 12.3. The van der Waals surface area contributed by atoms with Crippen LogP contribution in [0.1, 0.15) is 155 Å². The highest BCUT2D eigenvalue weighted by Crippen LogP contribution is 2.10. The van der Waals surface area contributed by atoms with Crippen molar-refractivity contribution in [3.05, 3.63) is 60.8 Å². The molecule has 2 atom stereocenters. The molecule has 3 N–H and O–H groups in total. The summed E-state index contributed by atoms with van der Waals surface area (Å²) in [5.74, 6) is -0.101. The first-order chi connectivity index (χ1) is 20.7. The Morgan fingerprint density at radius 3 is 1.52 bits per heavy atom. The second-order valence-corrected chi connectivity index (χ2v) is 11.6. The third-order valence-electron chi connectivity index (χ3n) is 7.50. The molecule has 0 unspecified atom stereocenters. The Labute approximate surface area is 260 Å². The Kier molecular flexibility index (Phi) is 32.1. The van der Waals surface area contributed by atoms with Crippen LogP contribution < -0.4 is 5.32 Å². The molecule has 0 aromatic heterocycles. The van der Waals surface area contributed by atoms with Crippen molar-refractivity contribution in [2.75, 3.05) is 6.61 Å². The van der Waals surface area contributed by atoms with Crippen molar-refractivity contribution in [1.29, 1.82) is 0 Å². The van der Waals surface area contributed by atoms with Crippen LogP contribution in [0.25, 0.3) is 0 Å². The van der Waals surface area contributed by atoms with Gasteiger partial charge in [0.2, 0.25) is 5.91 Å². The zero-order chi connectivity index (χ0) is 30.8. The van der Waals surface area contributed by atoms with Crippen LogP contribution in [0.4, 0.5) is 0 Å². The Morgan fingerprint density at radius 1 is 0.571 bits per heavy atom. The van der Waals surface area contributed by atoms with E-state index in [9.17, 15) is 15.0 Å². The van der Waals surface area contributed by atoms with E-state index in [1.807, 2.05) is 0 Å². The minimum absolute atomic E-state index is 0.101. The molecule has 4 heteroatoms. The third-order valence-corrected chi connectivity index (χ3v) is 7.50. The number of hydrogen-bond acceptors (Lipinski definition) is 3. The summed E-state index contributed by atoms with van der Waals surface area (Å²) >= 11 is 0. The number of aliphatic hydroxyl groups excluding tert-OH is 2. The largest absolute Gasteiger partial charge is 0.394 e. The SMILES string of the molecule is CCCCC/C=C/CCCC[C@@H](O)[C@H](CO)NC(=O)CCC/C=C/C/C=C/C/C=C/C/C=C/CCCCCCCCC. The van der Waals surface area contributed by atoms with Gasteiger partial charge in [-0.2, -0.15) is 0 Å². The van der Waals surface area contributed by atoms with E-state index in [0.29, 0.717) is 12.8 Å². The monoisotopic (exact) mass is 586 g/mol. The number of allylic oxidation sites excluding steroid dienone is 10. The Bertz CT molecular complexity index is 722. The normalized spacial score (nSPS) is 13.9. The van der Waals surface area contributed by atoms with E-state index in [1.165, 1.54) is 70.6 Å². The minimum Gasteiger partial charge on any atom is -0.394 e. The Hall–Kier alpha value is -1.91. The van der Waals surface area contributed by atoms with Crippen LogP contribution in [0.2, 0.25) is 0 Å². The van der Waals surface area contributed by atoms with Gasteiger partial charge in [-0.25, -0.2) is 0 Å². The highest BCUT2D eigenvalue weighted by molar-refractivity contribution is 5.76. The molecule has 4 nitrogen and oxygen atoms in total. The van der Waals surface area contributed by atoms with Gasteiger partial charge in [0.1, 0.15) is 0 Å². The number of hydrogen-bond donors (Lipinski definition) is 3. The molecule has 1 amide bonds. The van der Waals surface area contributed by atoms with E-state index in [2.05, 4.69) is 79.9 Å². The number of amides is 1. The molecule has 0 fully saturated rings. The highest BCUT2D eigenvalue weighted by atomic mass is 16.3. The predicted molar refractivity (Wildman–Crippen MR) is 184 cm³/mol. The number of unbranched alkanes of at least 4 members (excludes halogenated alkanes) is 13. The van der Waals surface area contributed by atoms with Crippen molar-refractivity contribution in [3.8, 4) is 0 Å². The molecule has 0 rings (SSSR count). The topological polar surface area (TPSA) is 69.6 Å². The highest BCUT2D eigenvalue weighted by Gasteiger charge is 2.19. The van der Waals surface area contributed by atoms with Gasteiger partial charge >= 0.3 is 0 Å². The van der Waals surface area contributed by atoms with E-state index in [-0.39, 0.29) is 12.5 Å². The summed E-state index contributed by atoms with van der Waals surface area (Å²) in [5, 5.41) is 22.8. The summed E-state index contributed by atoms with van der Waals surface area (Å²) in [6, 6.07) is -0.581. The average molecular weight is 586 g/mol. The fraction of sp³-hybridized carbons (Fsp3) is 0.711. The first-order valence-corrected chi connectivity index (χ1v) is 17.5. The van der Waals surface area contributed by atoms with Gasteiger partial charge in [0.25, 0.3) is 0 Å². The molecular weight excluding hydrogens is 518 g/mol. The standard InChI is InChI=1S/C38H67NO3/c1-3-5-7-9-11-13-14-15-16-17-18-19-20-21-22-23-24-26-28-30-32-34-38(42)39-36(35-40)37(41)33-31-29-27-25-12-10-8-6-4-2/h12,16-17,19-20,22-23,25-26,28,36-37,40-41H,3-11,13-15,18,21,24,27,29-35H2,1-2H3,(H,39,42)/b17-16+,20-19+,23-22+,25-12+,28-26+/t36-,37+/m0/s1. The Morgan fingerprint density at radius 2 is 0.976 bits per heavy atom. The van der Waals surface area contributed by atoms with Crippen LogP contribution in [0.5, 0.6) is 0 Å². The smallest absolute Gasteiger partial charge is 0.220 e. The number of aliphatic hydroxyl groups is 2. The molecule has 0 aliphatic rings. The zero-order valence-electron chi connectivity index (χ0n) is 27.5. The van der Waals surface area contributed by atoms with E-state index < -0.39 is 12.1 Å². The molecule has 0 radical (unpaired) electrons. The van der Waals surface area contributed by atoms with E-state index in [4.69, 9.17) is 0 Å². The molecular formula is C38H67NO3. The number of rotatable bonds is 30. The molecule has 0 heterocycles. The second kappa shape index (κ2) is 33.6. The summed E-state index contributed by atoms with van der Waals surface area (Å²) in [6.45, 7) is 4.25. The van der Waals surface area contributed by atoms with Crippen molar-refractivity contribution >= 4 is 5.91 Å². The molecule has 0 aliphatic heterocycles. The summed E-state index contributed by atoms with van der Waals surface area (Å²) in [7, 11) is 0. The van der Waals surface area contributed by atoms with Crippen LogP contribution in [0.3, 0.4) is 0 Å². The van der Waals surface area contributed by atoms with Crippen LogP contribution in [-0.4, -0.2) is 34.9 Å². The van der Waals surface area contributed by atoms with Crippen molar-refractivity contribution in [1.82, 2.24) is 5.32 Å². The molecule has 0 aromatic carbocycles. The lowest BCUT2D eigenvalue weighted by Gasteiger charge is -2.22. The van der Waals surface area contributed by atoms with E-state index in [0.717, 1.165) is 57.8 Å². The predicted octanol–water partition coefficient (Wildman–Crippen LogP) is 10.2. The van der Waals surface area contributed by atoms with Crippen LogP contribution in [0.15, 0.2) is 60.8 Å².